The van der Waals surface area contributed by atoms with Crippen LogP contribution >= 0.6 is 11.6 Å². The van der Waals surface area contributed by atoms with Gasteiger partial charge in [0.1, 0.15) is 18.6 Å². The third-order valence-corrected chi connectivity index (χ3v) is 7.92. The molecule has 0 aliphatic heterocycles. The SMILES string of the molecule is CCCCC/C=C\C/C=C\CCCCCCCC(=O)OC[C@@H](Cl)COC(=O)CCCCCCCCCCCCCCC. The normalized spacial score (nSPS) is 12.4. The topological polar surface area (TPSA) is 52.6 Å². The summed E-state index contributed by atoms with van der Waals surface area (Å²) in [6.45, 7) is 4.68. The summed E-state index contributed by atoms with van der Waals surface area (Å²) in [5.74, 6) is -0.426. The van der Waals surface area contributed by atoms with Gasteiger partial charge in [-0.2, -0.15) is 0 Å². The molecule has 0 heterocycles. The smallest absolute Gasteiger partial charge is 0.305 e. The Morgan fingerprint density at radius 2 is 0.833 bits per heavy atom. The molecule has 0 spiro atoms. The molecular weight excluding hydrogens is 544 g/mol. The first-order valence-corrected chi connectivity index (χ1v) is 18.3. The summed E-state index contributed by atoms with van der Waals surface area (Å²) >= 11 is 6.19. The summed E-state index contributed by atoms with van der Waals surface area (Å²) in [7, 11) is 0. The van der Waals surface area contributed by atoms with Gasteiger partial charge in [-0.15, -0.1) is 11.6 Å². The number of unbranched alkanes of at least 4 members (excludes halogenated alkanes) is 20. The number of rotatable bonds is 32. The van der Waals surface area contributed by atoms with E-state index in [0.29, 0.717) is 12.8 Å². The number of carbonyl (C=O) groups excluding carboxylic acids is 2. The van der Waals surface area contributed by atoms with Crippen LogP contribution in [-0.2, 0) is 19.1 Å². The van der Waals surface area contributed by atoms with Crippen LogP contribution in [0.15, 0.2) is 24.3 Å². The molecule has 0 aromatic rings. The van der Waals surface area contributed by atoms with Crippen molar-refractivity contribution in [3.05, 3.63) is 24.3 Å². The van der Waals surface area contributed by atoms with Gasteiger partial charge >= 0.3 is 11.9 Å². The van der Waals surface area contributed by atoms with Gasteiger partial charge in [0, 0.05) is 12.8 Å². The Kier molecular flexibility index (Phi) is 33.2. The molecule has 0 bridgehead atoms. The largest absolute Gasteiger partial charge is 0.464 e. The second kappa shape index (κ2) is 34.2. The average molecular weight is 611 g/mol. The highest BCUT2D eigenvalue weighted by Crippen LogP contribution is 2.14. The maximum Gasteiger partial charge on any atom is 0.305 e. The minimum atomic E-state index is -0.492. The molecule has 0 rings (SSSR count). The van der Waals surface area contributed by atoms with Gasteiger partial charge in [0.15, 0.2) is 0 Å². The minimum Gasteiger partial charge on any atom is -0.464 e. The zero-order valence-corrected chi connectivity index (χ0v) is 28.5. The number of hydrogen-bond donors (Lipinski definition) is 0. The molecule has 0 saturated carbocycles. The molecule has 0 amide bonds. The molecule has 0 aromatic carbocycles. The van der Waals surface area contributed by atoms with Crippen LogP contribution in [-0.4, -0.2) is 30.5 Å². The van der Waals surface area contributed by atoms with Crippen molar-refractivity contribution in [2.75, 3.05) is 13.2 Å². The van der Waals surface area contributed by atoms with Crippen LogP contribution in [0.5, 0.6) is 0 Å². The Morgan fingerprint density at radius 3 is 1.26 bits per heavy atom. The average Bonchev–Trinajstić information content (AvgIpc) is 2.99. The van der Waals surface area contributed by atoms with E-state index in [0.717, 1.165) is 44.9 Å². The van der Waals surface area contributed by atoms with E-state index in [1.54, 1.807) is 0 Å². The molecule has 5 heteroatoms. The lowest BCUT2D eigenvalue weighted by atomic mass is 10.0. The van der Waals surface area contributed by atoms with Gasteiger partial charge in [-0.1, -0.05) is 147 Å². The van der Waals surface area contributed by atoms with Gasteiger partial charge in [0.25, 0.3) is 0 Å². The fraction of sp³-hybridized carbons (Fsp3) is 0.838. The quantitative estimate of drug-likeness (QED) is 0.0329. The highest BCUT2D eigenvalue weighted by Gasteiger charge is 2.12. The third kappa shape index (κ3) is 33.2. The second-order valence-corrected chi connectivity index (χ2v) is 12.6. The first kappa shape index (κ1) is 40.7. The highest BCUT2D eigenvalue weighted by atomic mass is 35.5. The third-order valence-electron chi connectivity index (χ3n) is 7.67. The molecule has 0 N–H and O–H groups in total. The van der Waals surface area contributed by atoms with E-state index in [1.807, 2.05) is 0 Å². The summed E-state index contributed by atoms with van der Waals surface area (Å²) in [6, 6.07) is 0. The zero-order valence-electron chi connectivity index (χ0n) is 27.7. The number of ether oxygens (including phenoxy) is 2. The summed E-state index contributed by atoms with van der Waals surface area (Å²) in [6.07, 6.45) is 39.4. The van der Waals surface area contributed by atoms with Crippen molar-refractivity contribution >= 4 is 23.5 Å². The lowest BCUT2D eigenvalue weighted by Crippen LogP contribution is -2.21. The van der Waals surface area contributed by atoms with Crippen molar-refractivity contribution in [1.82, 2.24) is 0 Å². The zero-order chi connectivity index (χ0) is 30.8. The number of allylic oxidation sites excluding steroid dienone is 4. The molecule has 0 aliphatic carbocycles. The molecule has 0 unspecified atom stereocenters. The Bertz CT molecular complexity index is 646. The first-order valence-electron chi connectivity index (χ1n) is 17.8. The number of carbonyl (C=O) groups is 2. The molecule has 246 valence electrons. The van der Waals surface area contributed by atoms with E-state index in [1.165, 1.54) is 109 Å². The standard InChI is InChI=1S/C37H67ClO4/c1-3-5-7-9-11-13-15-17-18-20-22-24-26-28-30-32-37(40)42-34-35(38)33-41-36(39)31-29-27-25-23-21-19-16-14-12-10-8-6-4-2/h11,13,17-18,35H,3-10,12,14-16,19-34H2,1-2H3/b13-11-,18-17-/t35-/m0/s1. The fourth-order valence-corrected chi connectivity index (χ4v) is 5.05. The van der Waals surface area contributed by atoms with E-state index in [-0.39, 0.29) is 25.2 Å². The molecule has 0 radical (unpaired) electrons. The number of halogens is 1. The van der Waals surface area contributed by atoms with E-state index in [9.17, 15) is 9.59 Å². The van der Waals surface area contributed by atoms with Crippen LogP contribution in [0.2, 0.25) is 0 Å². The molecule has 0 fully saturated rings. The predicted octanol–water partition coefficient (Wildman–Crippen LogP) is 12.0. The second-order valence-electron chi connectivity index (χ2n) is 11.9. The van der Waals surface area contributed by atoms with Gasteiger partial charge in [-0.3, -0.25) is 9.59 Å². The Hall–Kier alpha value is -1.29. The molecule has 1 atom stereocenters. The van der Waals surface area contributed by atoms with E-state index >= 15 is 0 Å². The van der Waals surface area contributed by atoms with Crippen molar-refractivity contribution in [2.45, 2.75) is 186 Å². The van der Waals surface area contributed by atoms with Crippen LogP contribution in [0.1, 0.15) is 181 Å². The molecule has 42 heavy (non-hydrogen) atoms. The lowest BCUT2D eigenvalue weighted by Gasteiger charge is -2.11. The van der Waals surface area contributed by atoms with Gasteiger partial charge < -0.3 is 9.47 Å². The Balaban J connectivity index is 3.45. The van der Waals surface area contributed by atoms with E-state index in [2.05, 4.69) is 38.2 Å². The molecule has 0 aliphatic rings. The van der Waals surface area contributed by atoms with Crippen LogP contribution in [0.4, 0.5) is 0 Å². The van der Waals surface area contributed by atoms with Crippen molar-refractivity contribution in [3.63, 3.8) is 0 Å². The summed E-state index contributed by atoms with van der Waals surface area (Å²) in [4.78, 5) is 23.9. The first-order chi connectivity index (χ1) is 20.6. The van der Waals surface area contributed by atoms with Gasteiger partial charge in [0.2, 0.25) is 0 Å². The maximum absolute atomic E-state index is 12.0. The monoisotopic (exact) mass is 610 g/mol. The van der Waals surface area contributed by atoms with Crippen LogP contribution in [0, 0.1) is 0 Å². The Labute approximate surface area is 265 Å². The van der Waals surface area contributed by atoms with Crippen LogP contribution in [0.25, 0.3) is 0 Å². The fourth-order valence-electron chi connectivity index (χ4n) is 4.93. The van der Waals surface area contributed by atoms with Crippen LogP contribution < -0.4 is 0 Å². The van der Waals surface area contributed by atoms with Gasteiger partial charge in [0.05, 0.1) is 0 Å². The van der Waals surface area contributed by atoms with Crippen molar-refractivity contribution in [3.8, 4) is 0 Å². The van der Waals surface area contributed by atoms with E-state index in [4.69, 9.17) is 21.1 Å². The molecule has 4 nitrogen and oxygen atoms in total. The van der Waals surface area contributed by atoms with Gasteiger partial charge in [-0.05, 0) is 44.9 Å². The Morgan fingerprint density at radius 1 is 0.500 bits per heavy atom. The van der Waals surface area contributed by atoms with Gasteiger partial charge in [-0.25, -0.2) is 0 Å². The minimum absolute atomic E-state index is 0.0900. The summed E-state index contributed by atoms with van der Waals surface area (Å²) in [5.41, 5.74) is 0. The predicted molar refractivity (Wildman–Crippen MR) is 181 cm³/mol. The summed E-state index contributed by atoms with van der Waals surface area (Å²) in [5, 5.41) is -0.492. The lowest BCUT2D eigenvalue weighted by molar-refractivity contribution is -0.146. The number of hydrogen-bond acceptors (Lipinski definition) is 4. The highest BCUT2D eigenvalue weighted by molar-refractivity contribution is 6.21. The van der Waals surface area contributed by atoms with Crippen molar-refractivity contribution in [2.24, 2.45) is 0 Å². The molecular formula is C37H67ClO4. The van der Waals surface area contributed by atoms with Crippen molar-refractivity contribution in [1.29, 1.82) is 0 Å². The molecule has 0 saturated heterocycles. The van der Waals surface area contributed by atoms with Crippen molar-refractivity contribution < 1.29 is 19.1 Å². The summed E-state index contributed by atoms with van der Waals surface area (Å²) < 4.78 is 10.5. The number of esters is 2. The maximum atomic E-state index is 12.0. The molecule has 0 aromatic heterocycles. The van der Waals surface area contributed by atoms with Crippen LogP contribution in [0.3, 0.4) is 0 Å². The number of alkyl halides is 1. The van der Waals surface area contributed by atoms with E-state index < -0.39 is 5.38 Å².